The quantitative estimate of drug-likeness (QED) is 0.740. The average molecular weight is 397 g/mol. The number of rotatable bonds is 5. The summed E-state index contributed by atoms with van der Waals surface area (Å²) < 4.78 is 0. The predicted octanol–water partition coefficient (Wildman–Crippen LogP) is 4.30. The van der Waals surface area contributed by atoms with E-state index in [0.717, 1.165) is 16.7 Å². The second kappa shape index (κ2) is 9.13. The topological polar surface area (TPSA) is 58.2 Å². The molecule has 0 bridgehead atoms. The maximum Gasteiger partial charge on any atom is 0.269 e. The van der Waals surface area contributed by atoms with E-state index in [0.29, 0.717) is 21.4 Å². The van der Waals surface area contributed by atoms with Gasteiger partial charge in [-0.1, -0.05) is 47.0 Å². The molecule has 0 aliphatic heterocycles. The smallest absolute Gasteiger partial charge is 0.269 e. The molecule has 2 N–H and O–H groups in total. The highest BCUT2D eigenvalue weighted by molar-refractivity contribution is 7.99. The van der Waals surface area contributed by atoms with Gasteiger partial charge in [0.25, 0.3) is 5.91 Å². The second-order valence-electron chi connectivity index (χ2n) is 5.56. The number of hydrogen-bond donors (Lipinski definition) is 2. The minimum atomic E-state index is -0.333. The molecule has 2 amide bonds. The Morgan fingerprint density at radius 3 is 2.44 bits per heavy atom. The summed E-state index contributed by atoms with van der Waals surface area (Å²) in [5.41, 5.74) is 8.31. The van der Waals surface area contributed by atoms with E-state index in [1.54, 1.807) is 18.2 Å². The van der Waals surface area contributed by atoms with Crippen LogP contribution in [0, 0.1) is 13.8 Å². The lowest BCUT2D eigenvalue weighted by atomic mass is 10.1. The normalized spacial score (nSPS) is 10.4. The second-order valence-corrected chi connectivity index (χ2v) is 7.36. The molecule has 2 aromatic rings. The van der Waals surface area contributed by atoms with Crippen molar-refractivity contribution in [2.24, 2.45) is 0 Å². The van der Waals surface area contributed by atoms with Crippen LogP contribution in [0.4, 0.5) is 0 Å². The number of carbonyl (C=O) groups excluding carboxylic acids is 2. The Morgan fingerprint density at radius 2 is 1.76 bits per heavy atom. The largest absolute Gasteiger partial charge is 0.272 e. The first-order chi connectivity index (χ1) is 11.9. The van der Waals surface area contributed by atoms with Gasteiger partial charge in [-0.3, -0.25) is 20.4 Å². The van der Waals surface area contributed by atoms with Crippen LogP contribution in [0.25, 0.3) is 0 Å². The summed E-state index contributed by atoms with van der Waals surface area (Å²) in [7, 11) is 0. The van der Waals surface area contributed by atoms with Gasteiger partial charge in [0.1, 0.15) is 0 Å². The van der Waals surface area contributed by atoms with Crippen molar-refractivity contribution in [3.63, 3.8) is 0 Å². The van der Waals surface area contributed by atoms with Crippen LogP contribution in [-0.2, 0) is 10.5 Å². The number of thioether (sulfide) groups is 1. The summed E-state index contributed by atoms with van der Waals surface area (Å²) in [5, 5.41) is 0.993. The summed E-state index contributed by atoms with van der Waals surface area (Å²) in [6, 6.07) is 10.9. The summed E-state index contributed by atoms with van der Waals surface area (Å²) in [6.07, 6.45) is 0. The molecule has 2 rings (SSSR count). The minimum Gasteiger partial charge on any atom is -0.272 e. The summed E-state index contributed by atoms with van der Waals surface area (Å²) in [6.45, 7) is 3.82. The van der Waals surface area contributed by atoms with Gasteiger partial charge in [-0.15, -0.1) is 11.8 Å². The van der Waals surface area contributed by atoms with Gasteiger partial charge >= 0.3 is 0 Å². The van der Waals surface area contributed by atoms with Crippen LogP contribution in [-0.4, -0.2) is 17.6 Å². The first-order valence-corrected chi connectivity index (χ1v) is 9.46. The highest BCUT2D eigenvalue weighted by atomic mass is 35.5. The van der Waals surface area contributed by atoms with Crippen LogP contribution < -0.4 is 10.9 Å². The molecular formula is C18H18Cl2N2O2S. The molecule has 132 valence electrons. The molecule has 25 heavy (non-hydrogen) atoms. The van der Waals surface area contributed by atoms with Crippen molar-refractivity contribution >= 4 is 46.8 Å². The van der Waals surface area contributed by atoms with Crippen LogP contribution >= 0.6 is 35.0 Å². The molecule has 0 aromatic heterocycles. The van der Waals surface area contributed by atoms with E-state index in [2.05, 4.69) is 10.9 Å². The Hall–Kier alpha value is -1.69. The first kappa shape index (κ1) is 19.6. The van der Waals surface area contributed by atoms with Crippen LogP contribution in [0.5, 0.6) is 0 Å². The van der Waals surface area contributed by atoms with Gasteiger partial charge in [0, 0.05) is 11.3 Å². The first-order valence-electron chi connectivity index (χ1n) is 7.55. The zero-order valence-corrected chi connectivity index (χ0v) is 16.2. The molecule has 7 heteroatoms. The van der Waals surface area contributed by atoms with E-state index < -0.39 is 0 Å². The van der Waals surface area contributed by atoms with Crippen LogP contribution in [0.15, 0.2) is 36.4 Å². The molecule has 0 fully saturated rings. The van der Waals surface area contributed by atoms with Crippen LogP contribution in [0.3, 0.4) is 0 Å². The monoisotopic (exact) mass is 396 g/mol. The number of nitrogens with one attached hydrogen (secondary N) is 2. The van der Waals surface area contributed by atoms with Gasteiger partial charge in [0.05, 0.1) is 15.8 Å². The Kier molecular flexibility index (Phi) is 7.17. The number of benzene rings is 2. The Labute approximate surface area is 161 Å². The van der Waals surface area contributed by atoms with Crippen molar-refractivity contribution < 1.29 is 9.59 Å². The zero-order chi connectivity index (χ0) is 18.4. The fourth-order valence-corrected chi connectivity index (χ4v) is 3.28. The van der Waals surface area contributed by atoms with Gasteiger partial charge in [-0.25, -0.2) is 0 Å². The molecule has 0 saturated heterocycles. The zero-order valence-electron chi connectivity index (χ0n) is 13.9. The predicted molar refractivity (Wildman–Crippen MR) is 104 cm³/mol. The summed E-state index contributed by atoms with van der Waals surface area (Å²) in [4.78, 5) is 23.9. The highest BCUT2D eigenvalue weighted by Gasteiger charge is 2.10. The third kappa shape index (κ3) is 5.96. The number of hydrogen-bond acceptors (Lipinski definition) is 3. The molecule has 0 unspecified atom stereocenters. The molecular weight excluding hydrogens is 379 g/mol. The molecule has 2 aromatic carbocycles. The number of hydrazine groups is 1. The molecule has 0 heterocycles. The van der Waals surface area contributed by atoms with Crippen molar-refractivity contribution in [3.8, 4) is 0 Å². The van der Waals surface area contributed by atoms with E-state index >= 15 is 0 Å². The Balaban J connectivity index is 1.76. The maximum absolute atomic E-state index is 12.1. The molecule has 0 aliphatic rings. The highest BCUT2D eigenvalue weighted by Crippen LogP contribution is 2.24. The molecule has 0 spiro atoms. The fourth-order valence-electron chi connectivity index (χ4n) is 2.19. The lowest BCUT2D eigenvalue weighted by Crippen LogP contribution is -2.42. The molecule has 0 atom stereocenters. The lowest BCUT2D eigenvalue weighted by Gasteiger charge is -2.10. The Morgan fingerprint density at radius 1 is 1.00 bits per heavy atom. The van der Waals surface area contributed by atoms with Gasteiger partial charge in [-0.2, -0.15) is 0 Å². The molecule has 4 nitrogen and oxygen atoms in total. The van der Waals surface area contributed by atoms with E-state index in [1.165, 1.54) is 11.8 Å². The van der Waals surface area contributed by atoms with Gasteiger partial charge in [0.15, 0.2) is 0 Å². The van der Waals surface area contributed by atoms with E-state index in [4.69, 9.17) is 23.2 Å². The number of carbonyl (C=O) groups is 2. The third-order valence-corrected chi connectivity index (χ3v) is 5.17. The van der Waals surface area contributed by atoms with Gasteiger partial charge < -0.3 is 0 Å². The van der Waals surface area contributed by atoms with Crippen LogP contribution in [0.2, 0.25) is 10.0 Å². The maximum atomic E-state index is 12.1. The molecule has 0 aliphatic carbocycles. The lowest BCUT2D eigenvalue weighted by molar-refractivity contribution is -0.119. The number of halogens is 2. The van der Waals surface area contributed by atoms with E-state index in [1.807, 2.05) is 32.0 Å². The van der Waals surface area contributed by atoms with Crippen molar-refractivity contribution in [2.75, 3.05) is 5.75 Å². The molecule has 0 saturated carbocycles. The average Bonchev–Trinajstić information content (AvgIpc) is 2.56. The van der Waals surface area contributed by atoms with Crippen molar-refractivity contribution in [3.05, 3.63) is 68.7 Å². The Bertz CT molecular complexity index is 797. The summed E-state index contributed by atoms with van der Waals surface area (Å²) >= 11 is 13.2. The number of amides is 2. The van der Waals surface area contributed by atoms with Crippen LogP contribution in [0.1, 0.15) is 27.0 Å². The van der Waals surface area contributed by atoms with Crippen molar-refractivity contribution in [2.45, 2.75) is 19.6 Å². The summed E-state index contributed by atoms with van der Waals surface area (Å²) in [5.74, 6) is 0.228. The minimum absolute atomic E-state index is 0.216. The van der Waals surface area contributed by atoms with Gasteiger partial charge in [0.2, 0.25) is 5.91 Å². The fraction of sp³-hybridized carbons (Fsp3) is 0.222. The number of aryl methyl sites for hydroxylation is 2. The van der Waals surface area contributed by atoms with E-state index in [-0.39, 0.29) is 17.6 Å². The molecule has 0 radical (unpaired) electrons. The van der Waals surface area contributed by atoms with E-state index in [9.17, 15) is 9.59 Å². The van der Waals surface area contributed by atoms with Gasteiger partial charge in [-0.05, 0) is 43.2 Å². The SMILES string of the molecule is Cc1ccc(C(=O)NNC(=O)CSCc2ccc(Cl)c(Cl)c2)c(C)c1. The third-order valence-electron chi connectivity index (χ3n) is 3.43. The standard InChI is InChI=1S/C18H18Cl2N2O2S/c1-11-3-5-14(12(2)7-11)18(24)22-21-17(23)10-25-9-13-4-6-15(19)16(20)8-13/h3-8H,9-10H2,1-2H3,(H,21,23)(H,22,24). The van der Waals surface area contributed by atoms with Crippen molar-refractivity contribution in [1.82, 2.24) is 10.9 Å². The van der Waals surface area contributed by atoms with Crippen molar-refractivity contribution in [1.29, 1.82) is 0 Å².